The Morgan fingerprint density at radius 2 is 1.77 bits per heavy atom. The van der Waals surface area contributed by atoms with Crippen LogP contribution < -0.4 is 5.32 Å². The normalized spacial score (nSPS) is 11.7. The van der Waals surface area contributed by atoms with Crippen molar-refractivity contribution in [2.24, 2.45) is 0 Å². The number of carbonyl (C=O) groups excluding carboxylic acids is 1. The van der Waals surface area contributed by atoms with E-state index in [2.05, 4.69) is 25.4 Å². The van der Waals surface area contributed by atoms with Crippen LogP contribution in [-0.4, -0.2) is 30.5 Å². The number of benzene rings is 1. The number of rotatable bonds is 3. The zero-order valence-electron chi connectivity index (χ0n) is 16.8. The van der Waals surface area contributed by atoms with Crippen LogP contribution in [0, 0.1) is 20.8 Å². The second-order valence-electron chi connectivity index (χ2n) is 6.98. The first-order valence-electron chi connectivity index (χ1n) is 9.29. The molecule has 3 heterocycles. The molecule has 158 valence electrons. The highest BCUT2D eigenvalue weighted by Crippen LogP contribution is 2.36. The molecule has 0 saturated heterocycles. The van der Waals surface area contributed by atoms with Crippen molar-refractivity contribution in [3.8, 4) is 11.3 Å². The summed E-state index contributed by atoms with van der Waals surface area (Å²) in [5.41, 5.74) is 1.11. The summed E-state index contributed by atoms with van der Waals surface area (Å²) in [4.78, 5) is 25.7. The molecule has 1 amide bonds. The van der Waals surface area contributed by atoms with Crippen molar-refractivity contribution in [1.29, 1.82) is 0 Å². The molecule has 31 heavy (non-hydrogen) atoms. The lowest BCUT2D eigenvalue weighted by atomic mass is 10.0. The molecule has 10 heteroatoms. The van der Waals surface area contributed by atoms with E-state index < -0.39 is 17.6 Å². The molecule has 4 rings (SSSR count). The summed E-state index contributed by atoms with van der Waals surface area (Å²) in [5, 5.41) is 6.94. The minimum absolute atomic E-state index is 0.0806. The molecule has 0 atom stereocenters. The van der Waals surface area contributed by atoms with E-state index in [0.29, 0.717) is 17.1 Å². The van der Waals surface area contributed by atoms with Gasteiger partial charge in [-0.15, -0.1) is 0 Å². The van der Waals surface area contributed by atoms with Crippen LogP contribution >= 0.6 is 0 Å². The summed E-state index contributed by atoms with van der Waals surface area (Å²) in [6.45, 7) is 5.12. The van der Waals surface area contributed by atoms with Gasteiger partial charge in [-0.2, -0.15) is 18.3 Å². The third-order valence-corrected chi connectivity index (χ3v) is 4.69. The predicted octanol–water partition coefficient (Wildman–Crippen LogP) is 4.38. The van der Waals surface area contributed by atoms with Crippen molar-refractivity contribution in [1.82, 2.24) is 24.6 Å². The van der Waals surface area contributed by atoms with Crippen molar-refractivity contribution in [2.45, 2.75) is 26.9 Å². The first-order chi connectivity index (χ1) is 14.6. The number of aromatic nitrogens is 5. The highest BCUT2D eigenvalue weighted by Gasteiger charge is 2.34. The smallest absolute Gasteiger partial charge is 0.305 e. The van der Waals surface area contributed by atoms with Gasteiger partial charge in [-0.05, 0) is 32.9 Å². The average Bonchev–Trinajstić information content (AvgIpc) is 3.04. The lowest BCUT2D eigenvalue weighted by Crippen LogP contribution is -2.16. The van der Waals surface area contributed by atoms with Crippen molar-refractivity contribution >= 4 is 17.4 Å². The number of fused-ring (bicyclic) bond motifs is 1. The van der Waals surface area contributed by atoms with Gasteiger partial charge in [0.2, 0.25) is 0 Å². The minimum atomic E-state index is -4.54. The average molecular weight is 426 g/mol. The summed E-state index contributed by atoms with van der Waals surface area (Å²) in [6, 6.07) is 6.59. The Bertz CT molecular complexity index is 1310. The predicted molar refractivity (Wildman–Crippen MR) is 108 cm³/mol. The van der Waals surface area contributed by atoms with E-state index >= 15 is 0 Å². The quantitative estimate of drug-likeness (QED) is 0.525. The van der Waals surface area contributed by atoms with E-state index in [4.69, 9.17) is 0 Å². The molecule has 1 aromatic carbocycles. The maximum Gasteiger partial charge on any atom is 0.417 e. The Morgan fingerprint density at radius 1 is 1.03 bits per heavy atom. The standard InChI is InChI=1S/C21H17F3N6O/c1-11-10-25-18(13(3)26-11)28-20(31)17-12(2)29-30-9-8-16(27-19(17)30)14-6-4-5-7-15(14)21(22,23)24/h4-10H,1-3H3,(H,25,28,31). The molecule has 1 N–H and O–H groups in total. The molecule has 0 bridgehead atoms. The molecule has 0 aliphatic carbocycles. The van der Waals surface area contributed by atoms with Gasteiger partial charge in [0.25, 0.3) is 5.91 Å². The Balaban J connectivity index is 1.80. The van der Waals surface area contributed by atoms with E-state index in [1.54, 1.807) is 20.8 Å². The Morgan fingerprint density at radius 3 is 2.48 bits per heavy atom. The summed E-state index contributed by atoms with van der Waals surface area (Å²) in [5.74, 6) is -0.240. The minimum Gasteiger partial charge on any atom is -0.305 e. The fraction of sp³-hybridized carbons (Fsp3) is 0.190. The number of nitrogens with zero attached hydrogens (tertiary/aromatic N) is 5. The summed E-state index contributed by atoms with van der Waals surface area (Å²) in [7, 11) is 0. The number of amides is 1. The summed E-state index contributed by atoms with van der Waals surface area (Å²) >= 11 is 0. The van der Waals surface area contributed by atoms with Crippen molar-refractivity contribution in [3.05, 3.63) is 70.9 Å². The van der Waals surface area contributed by atoms with Gasteiger partial charge >= 0.3 is 6.18 Å². The first kappa shape index (κ1) is 20.5. The van der Waals surface area contributed by atoms with Gasteiger partial charge in [-0.1, -0.05) is 18.2 Å². The van der Waals surface area contributed by atoms with E-state index in [9.17, 15) is 18.0 Å². The monoisotopic (exact) mass is 426 g/mol. The Kier molecular flexibility index (Phi) is 4.92. The third-order valence-electron chi connectivity index (χ3n) is 4.69. The lowest BCUT2D eigenvalue weighted by Gasteiger charge is -2.12. The molecular formula is C21H17F3N6O. The maximum absolute atomic E-state index is 13.4. The second-order valence-corrected chi connectivity index (χ2v) is 6.98. The number of nitrogens with one attached hydrogen (secondary N) is 1. The van der Waals surface area contributed by atoms with Gasteiger partial charge in [-0.25, -0.2) is 14.5 Å². The molecule has 0 spiro atoms. The molecule has 0 saturated carbocycles. The van der Waals surface area contributed by atoms with Crippen LogP contribution in [0.4, 0.5) is 19.0 Å². The van der Waals surface area contributed by atoms with Gasteiger partial charge in [0.05, 0.1) is 34.5 Å². The fourth-order valence-corrected chi connectivity index (χ4v) is 3.30. The largest absolute Gasteiger partial charge is 0.417 e. The van der Waals surface area contributed by atoms with Crippen LogP contribution in [0.1, 0.15) is 33.0 Å². The number of alkyl halides is 3. The number of hydrogen-bond donors (Lipinski definition) is 1. The zero-order chi connectivity index (χ0) is 22.3. The van der Waals surface area contributed by atoms with E-state index in [-0.39, 0.29) is 28.3 Å². The fourth-order valence-electron chi connectivity index (χ4n) is 3.30. The molecule has 3 aromatic heterocycles. The van der Waals surface area contributed by atoms with Crippen LogP contribution in [0.5, 0.6) is 0 Å². The molecule has 0 radical (unpaired) electrons. The van der Waals surface area contributed by atoms with Gasteiger partial charge < -0.3 is 5.32 Å². The lowest BCUT2D eigenvalue weighted by molar-refractivity contribution is -0.137. The number of carbonyl (C=O) groups is 1. The van der Waals surface area contributed by atoms with E-state index in [1.807, 2.05) is 0 Å². The van der Waals surface area contributed by atoms with Crippen molar-refractivity contribution < 1.29 is 18.0 Å². The molecule has 4 aromatic rings. The highest BCUT2D eigenvalue weighted by atomic mass is 19.4. The van der Waals surface area contributed by atoms with Crippen LogP contribution in [-0.2, 0) is 6.18 Å². The van der Waals surface area contributed by atoms with Crippen molar-refractivity contribution in [2.75, 3.05) is 5.32 Å². The summed E-state index contributed by atoms with van der Waals surface area (Å²) in [6.07, 6.45) is -1.54. The summed E-state index contributed by atoms with van der Waals surface area (Å²) < 4.78 is 41.7. The van der Waals surface area contributed by atoms with Crippen LogP contribution in [0.25, 0.3) is 16.9 Å². The van der Waals surface area contributed by atoms with Crippen LogP contribution in [0.3, 0.4) is 0 Å². The van der Waals surface area contributed by atoms with Gasteiger partial charge in [-0.3, -0.25) is 9.78 Å². The number of anilines is 1. The SMILES string of the molecule is Cc1cnc(NC(=O)c2c(C)nn3ccc(-c4ccccc4C(F)(F)F)nc23)c(C)n1. The highest BCUT2D eigenvalue weighted by molar-refractivity contribution is 6.09. The third kappa shape index (κ3) is 3.83. The molecule has 0 aliphatic heterocycles. The number of aryl methyl sites for hydroxylation is 3. The maximum atomic E-state index is 13.4. The molecule has 0 aliphatic rings. The van der Waals surface area contributed by atoms with Gasteiger partial charge in [0.1, 0.15) is 5.56 Å². The van der Waals surface area contributed by atoms with Crippen molar-refractivity contribution in [3.63, 3.8) is 0 Å². The van der Waals surface area contributed by atoms with Gasteiger partial charge in [0, 0.05) is 11.8 Å². The second kappa shape index (κ2) is 7.46. The Labute approximate surface area is 175 Å². The van der Waals surface area contributed by atoms with Gasteiger partial charge in [0.15, 0.2) is 11.5 Å². The number of hydrogen-bond acceptors (Lipinski definition) is 5. The Hall–Kier alpha value is -3.82. The number of halogens is 3. The van der Waals surface area contributed by atoms with Crippen LogP contribution in [0.15, 0.2) is 42.7 Å². The van der Waals surface area contributed by atoms with E-state index in [1.165, 1.54) is 41.2 Å². The topological polar surface area (TPSA) is 85.1 Å². The molecular weight excluding hydrogens is 409 g/mol. The molecule has 0 unspecified atom stereocenters. The van der Waals surface area contributed by atoms with Crippen LogP contribution in [0.2, 0.25) is 0 Å². The zero-order valence-corrected chi connectivity index (χ0v) is 16.8. The first-order valence-corrected chi connectivity index (χ1v) is 9.29. The molecule has 7 nitrogen and oxygen atoms in total. The molecule has 0 fully saturated rings. The van der Waals surface area contributed by atoms with E-state index in [0.717, 1.165) is 6.07 Å².